The summed E-state index contributed by atoms with van der Waals surface area (Å²) in [7, 11) is 6.37. The van der Waals surface area contributed by atoms with E-state index in [1.807, 2.05) is 18.2 Å². The Labute approximate surface area is 99.1 Å². The fourth-order valence-electron chi connectivity index (χ4n) is 1.52. The molecule has 90 valence electrons. The normalized spacial score (nSPS) is 11.1. The predicted octanol–water partition coefficient (Wildman–Crippen LogP) is 1.94. The molecular weight excluding hydrogens is 198 g/mol. The van der Waals surface area contributed by atoms with Crippen LogP contribution < -0.4 is 5.32 Å². The van der Waals surface area contributed by atoms with E-state index in [0.29, 0.717) is 0 Å². The first-order valence-electron chi connectivity index (χ1n) is 5.80. The van der Waals surface area contributed by atoms with E-state index in [4.69, 9.17) is 0 Å². The fraction of sp³-hybridized carbons (Fsp3) is 0.538. The number of rotatable bonds is 7. The van der Waals surface area contributed by atoms with Crippen molar-refractivity contribution in [2.24, 2.45) is 0 Å². The van der Waals surface area contributed by atoms with Crippen molar-refractivity contribution in [3.63, 3.8) is 0 Å². The molecule has 0 fully saturated rings. The van der Waals surface area contributed by atoms with Gasteiger partial charge in [-0.15, -0.1) is 0 Å². The molecule has 0 saturated carbocycles. The average Bonchev–Trinajstić information content (AvgIpc) is 2.27. The van der Waals surface area contributed by atoms with Crippen LogP contribution in [0.25, 0.3) is 0 Å². The molecule has 0 bridgehead atoms. The molecular formula is C13H23N3. The lowest BCUT2D eigenvalue weighted by atomic mass is 10.3. The highest BCUT2D eigenvalue weighted by atomic mass is 15.2. The lowest BCUT2D eigenvalue weighted by Gasteiger charge is -2.19. The van der Waals surface area contributed by atoms with Gasteiger partial charge in [-0.3, -0.25) is 4.90 Å². The molecule has 0 aliphatic carbocycles. The largest absolute Gasteiger partial charge is 0.372 e. The number of hydrogen-bond acceptors (Lipinski definition) is 3. The molecule has 1 aromatic carbocycles. The molecule has 0 saturated heterocycles. The van der Waals surface area contributed by atoms with Gasteiger partial charge in [-0.25, -0.2) is 0 Å². The summed E-state index contributed by atoms with van der Waals surface area (Å²) in [4.78, 5) is 4.52. The minimum Gasteiger partial charge on any atom is -0.372 e. The highest BCUT2D eigenvalue weighted by Crippen LogP contribution is 2.04. The summed E-state index contributed by atoms with van der Waals surface area (Å²) in [6, 6.07) is 10.3. The molecule has 1 aromatic rings. The molecule has 0 unspecified atom stereocenters. The van der Waals surface area contributed by atoms with Gasteiger partial charge in [0.1, 0.15) is 0 Å². The smallest absolute Gasteiger partial charge is 0.0675 e. The zero-order chi connectivity index (χ0) is 11.8. The molecule has 16 heavy (non-hydrogen) atoms. The standard InChI is InChI=1S/C13H23N3/c1-15(2)10-7-11-16(3)12-14-13-8-5-4-6-9-13/h4-6,8-9,14H,7,10-12H2,1-3H3. The number of anilines is 1. The summed E-state index contributed by atoms with van der Waals surface area (Å²) in [5.41, 5.74) is 1.18. The molecule has 0 aliphatic rings. The van der Waals surface area contributed by atoms with Gasteiger partial charge in [0.15, 0.2) is 0 Å². The molecule has 0 radical (unpaired) electrons. The summed E-state index contributed by atoms with van der Waals surface area (Å²) < 4.78 is 0. The second-order valence-electron chi connectivity index (χ2n) is 4.44. The predicted molar refractivity (Wildman–Crippen MR) is 70.7 cm³/mol. The SMILES string of the molecule is CN(C)CCCN(C)CNc1ccccc1. The molecule has 1 N–H and O–H groups in total. The van der Waals surface area contributed by atoms with Crippen molar-refractivity contribution >= 4 is 5.69 Å². The molecule has 3 nitrogen and oxygen atoms in total. The first-order valence-corrected chi connectivity index (χ1v) is 5.80. The quantitative estimate of drug-likeness (QED) is 0.710. The summed E-state index contributed by atoms with van der Waals surface area (Å²) >= 11 is 0. The van der Waals surface area contributed by atoms with Gasteiger partial charge < -0.3 is 10.2 Å². The maximum absolute atomic E-state index is 3.39. The second-order valence-corrected chi connectivity index (χ2v) is 4.44. The molecule has 0 amide bonds. The molecule has 1 rings (SSSR count). The maximum Gasteiger partial charge on any atom is 0.0675 e. The van der Waals surface area contributed by atoms with Gasteiger partial charge >= 0.3 is 0 Å². The molecule has 0 aliphatic heterocycles. The zero-order valence-electron chi connectivity index (χ0n) is 10.6. The van der Waals surface area contributed by atoms with Crippen molar-refractivity contribution in [3.05, 3.63) is 30.3 Å². The Kier molecular flexibility index (Phi) is 5.90. The van der Waals surface area contributed by atoms with E-state index >= 15 is 0 Å². The summed E-state index contributed by atoms with van der Waals surface area (Å²) in [5.74, 6) is 0. The molecule has 0 aromatic heterocycles. The number of hydrogen-bond donors (Lipinski definition) is 1. The van der Waals surface area contributed by atoms with E-state index in [2.05, 4.69) is 48.4 Å². The Hall–Kier alpha value is -1.06. The Morgan fingerprint density at radius 1 is 1.00 bits per heavy atom. The van der Waals surface area contributed by atoms with E-state index in [-0.39, 0.29) is 0 Å². The van der Waals surface area contributed by atoms with E-state index in [1.165, 1.54) is 12.1 Å². The van der Waals surface area contributed by atoms with Gasteiger partial charge in [0, 0.05) is 12.2 Å². The minimum absolute atomic E-state index is 0.900. The van der Waals surface area contributed by atoms with Crippen LogP contribution in [0.3, 0.4) is 0 Å². The molecule has 3 heteroatoms. The average molecular weight is 221 g/mol. The summed E-state index contributed by atoms with van der Waals surface area (Å²) in [5, 5.41) is 3.39. The highest BCUT2D eigenvalue weighted by Gasteiger charge is 1.98. The lowest BCUT2D eigenvalue weighted by molar-refractivity contribution is 0.315. The summed E-state index contributed by atoms with van der Waals surface area (Å²) in [6.45, 7) is 3.17. The van der Waals surface area contributed by atoms with Crippen molar-refractivity contribution in [2.75, 3.05) is 46.2 Å². The first kappa shape index (κ1) is 13.0. The van der Waals surface area contributed by atoms with Crippen molar-refractivity contribution in [1.29, 1.82) is 0 Å². The maximum atomic E-state index is 3.39. The Balaban J connectivity index is 2.13. The van der Waals surface area contributed by atoms with Crippen LogP contribution in [-0.4, -0.2) is 50.7 Å². The number of para-hydroxylation sites is 1. The van der Waals surface area contributed by atoms with E-state index < -0.39 is 0 Å². The van der Waals surface area contributed by atoms with E-state index in [0.717, 1.165) is 19.8 Å². The van der Waals surface area contributed by atoms with Gasteiger partial charge in [-0.05, 0) is 46.2 Å². The van der Waals surface area contributed by atoms with E-state index in [1.54, 1.807) is 0 Å². The molecule has 0 spiro atoms. The molecule has 0 atom stereocenters. The van der Waals surface area contributed by atoms with Crippen LogP contribution in [0, 0.1) is 0 Å². The monoisotopic (exact) mass is 221 g/mol. The van der Waals surface area contributed by atoms with Crippen molar-refractivity contribution in [2.45, 2.75) is 6.42 Å². The van der Waals surface area contributed by atoms with Crippen LogP contribution in [-0.2, 0) is 0 Å². The number of nitrogens with zero attached hydrogens (tertiary/aromatic N) is 2. The Morgan fingerprint density at radius 2 is 1.69 bits per heavy atom. The lowest BCUT2D eigenvalue weighted by Crippen LogP contribution is -2.28. The number of nitrogens with one attached hydrogen (secondary N) is 1. The van der Waals surface area contributed by atoms with Crippen molar-refractivity contribution in [1.82, 2.24) is 9.80 Å². The third-order valence-corrected chi connectivity index (χ3v) is 2.47. The van der Waals surface area contributed by atoms with Crippen LogP contribution in [0.15, 0.2) is 30.3 Å². The fourth-order valence-corrected chi connectivity index (χ4v) is 1.52. The van der Waals surface area contributed by atoms with Crippen molar-refractivity contribution in [3.8, 4) is 0 Å². The first-order chi connectivity index (χ1) is 7.68. The third-order valence-electron chi connectivity index (χ3n) is 2.47. The number of benzene rings is 1. The van der Waals surface area contributed by atoms with Crippen LogP contribution in [0.5, 0.6) is 0 Å². The minimum atomic E-state index is 0.900. The van der Waals surface area contributed by atoms with Gasteiger partial charge in [0.05, 0.1) is 6.67 Å². The molecule has 0 heterocycles. The van der Waals surface area contributed by atoms with Crippen LogP contribution in [0.2, 0.25) is 0 Å². The Morgan fingerprint density at radius 3 is 2.31 bits per heavy atom. The zero-order valence-corrected chi connectivity index (χ0v) is 10.6. The van der Waals surface area contributed by atoms with Gasteiger partial charge in [0.25, 0.3) is 0 Å². The van der Waals surface area contributed by atoms with Gasteiger partial charge in [-0.2, -0.15) is 0 Å². The second kappa shape index (κ2) is 7.25. The van der Waals surface area contributed by atoms with Gasteiger partial charge in [0.2, 0.25) is 0 Å². The van der Waals surface area contributed by atoms with Crippen molar-refractivity contribution < 1.29 is 0 Å². The van der Waals surface area contributed by atoms with Gasteiger partial charge in [-0.1, -0.05) is 18.2 Å². The highest BCUT2D eigenvalue weighted by molar-refractivity contribution is 5.42. The van der Waals surface area contributed by atoms with Crippen LogP contribution in [0.4, 0.5) is 5.69 Å². The van der Waals surface area contributed by atoms with Crippen LogP contribution >= 0.6 is 0 Å². The topological polar surface area (TPSA) is 18.5 Å². The van der Waals surface area contributed by atoms with Crippen LogP contribution in [0.1, 0.15) is 6.42 Å². The Bertz CT molecular complexity index is 272. The summed E-state index contributed by atoms with van der Waals surface area (Å²) in [6.07, 6.45) is 1.21. The van der Waals surface area contributed by atoms with E-state index in [9.17, 15) is 0 Å². The third kappa shape index (κ3) is 5.73.